The molecule has 1 heterocycles. The Bertz CT molecular complexity index is 380. The van der Waals surface area contributed by atoms with Gasteiger partial charge in [-0.05, 0) is 37.5 Å². The molecule has 1 aliphatic heterocycles. The number of hydrogen-bond acceptors (Lipinski definition) is 4. The van der Waals surface area contributed by atoms with Crippen LogP contribution in [0.1, 0.15) is 77.6 Å². The molecule has 0 aromatic rings. The van der Waals surface area contributed by atoms with Crippen LogP contribution in [0.4, 0.5) is 0 Å². The molecule has 0 aromatic carbocycles. The zero-order valence-electron chi connectivity index (χ0n) is 15.3. The van der Waals surface area contributed by atoms with E-state index in [0.717, 1.165) is 38.5 Å². The fourth-order valence-electron chi connectivity index (χ4n) is 5.21. The number of ether oxygens (including phenoxy) is 2. The van der Waals surface area contributed by atoms with Crippen LogP contribution in [0.25, 0.3) is 0 Å². The first kappa shape index (κ1) is 18.6. The van der Waals surface area contributed by atoms with E-state index in [2.05, 4.69) is 6.92 Å². The van der Waals surface area contributed by atoms with Crippen molar-refractivity contribution >= 4 is 0 Å². The molecule has 3 aliphatic rings. The first-order valence-electron chi connectivity index (χ1n) is 10.3. The summed E-state index contributed by atoms with van der Waals surface area (Å²) >= 11 is 0. The Balaban J connectivity index is 1.32. The molecule has 140 valence electrons. The minimum absolute atomic E-state index is 0.199. The van der Waals surface area contributed by atoms with Gasteiger partial charge in [0, 0.05) is 12.3 Å². The van der Waals surface area contributed by atoms with Crippen LogP contribution in [0.2, 0.25) is 0 Å². The Morgan fingerprint density at radius 3 is 2.50 bits per heavy atom. The first-order chi connectivity index (χ1) is 11.7. The molecule has 1 saturated heterocycles. The van der Waals surface area contributed by atoms with Gasteiger partial charge in [-0.25, -0.2) is 0 Å². The molecule has 0 aromatic heterocycles. The van der Waals surface area contributed by atoms with Crippen molar-refractivity contribution in [1.29, 1.82) is 0 Å². The van der Waals surface area contributed by atoms with Gasteiger partial charge in [0.2, 0.25) is 0 Å². The van der Waals surface area contributed by atoms with E-state index in [4.69, 9.17) is 9.47 Å². The lowest BCUT2D eigenvalue weighted by Crippen LogP contribution is -2.54. The smallest absolute Gasteiger partial charge is 0.171 e. The van der Waals surface area contributed by atoms with E-state index >= 15 is 0 Å². The summed E-state index contributed by atoms with van der Waals surface area (Å²) in [5.41, 5.74) is 0. The van der Waals surface area contributed by atoms with Gasteiger partial charge in [-0.2, -0.15) is 0 Å². The van der Waals surface area contributed by atoms with Crippen molar-refractivity contribution < 1.29 is 19.7 Å². The highest BCUT2D eigenvalue weighted by molar-refractivity contribution is 5.08. The Morgan fingerprint density at radius 2 is 1.75 bits per heavy atom. The van der Waals surface area contributed by atoms with Crippen LogP contribution in [-0.2, 0) is 9.47 Å². The summed E-state index contributed by atoms with van der Waals surface area (Å²) in [6.07, 6.45) is 11.6. The summed E-state index contributed by atoms with van der Waals surface area (Å²) in [6.45, 7) is 3.63. The summed E-state index contributed by atoms with van der Waals surface area (Å²) in [5, 5.41) is 20.7. The van der Waals surface area contributed by atoms with Crippen LogP contribution in [-0.4, -0.2) is 41.4 Å². The summed E-state index contributed by atoms with van der Waals surface area (Å²) < 4.78 is 11.6. The second kappa shape index (κ2) is 8.48. The molecular formula is C20H36O4. The maximum atomic E-state index is 10.4. The molecule has 1 spiro atoms. The molecule has 5 atom stereocenters. The zero-order chi connectivity index (χ0) is 17.0. The molecule has 5 unspecified atom stereocenters. The molecule has 3 rings (SSSR count). The molecule has 2 aliphatic carbocycles. The maximum absolute atomic E-state index is 10.4. The number of rotatable bonds is 10. The Labute approximate surface area is 146 Å². The van der Waals surface area contributed by atoms with E-state index in [1.54, 1.807) is 0 Å². The molecule has 3 fully saturated rings. The lowest BCUT2D eigenvalue weighted by Gasteiger charge is -2.49. The van der Waals surface area contributed by atoms with Gasteiger partial charge >= 0.3 is 0 Å². The predicted molar refractivity (Wildman–Crippen MR) is 93.6 cm³/mol. The van der Waals surface area contributed by atoms with Crippen LogP contribution < -0.4 is 0 Å². The highest BCUT2D eigenvalue weighted by atomic mass is 16.7. The van der Waals surface area contributed by atoms with Gasteiger partial charge in [0.1, 0.15) is 0 Å². The van der Waals surface area contributed by atoms with Crippen molar-refractivity contribution in [3.8, 4) is 0 Å². The van der Waals surface area contributed by atoms with E-state index in [1.807, 2.05) is 0 Å². The number of aliphatic hydroxyl groups is 2. The highest BCUT2D eigenvalue weighted by Crippen LogP contribution is 2.60. The van der Waals surface area contributed by atoms with Crippen molar-refractivity contribution in [2.75, 3.05) is 13.2 Å². The second-order valence-electron chi connectivity index (χ2n) is 8.24. The lowest BCUT2D eigenvalue weighted by molar-refractivity contribution is -0.272. The first-order valence-corrected chi connectivity index (χ1v) is 10.3. The van der Waals surface area contributed by atoms with Gasteiger partial charge in [0.15, 0.2) is 5.79 Å². The van der Waals surface area contributed by atoms with E-state index < -0.39 is 0 Å². The second-order valence-corrected chi connectivity index (χ2v) is 8.24. The minimum atomic E-state index is -0.364. The van der Waals surface area contributed by atoms with E-state index in [9.17, 15) is 10.2 Å². The molecule has 2 saturated carbocycles. The largest absolute Gasteiger partial charge is 0.393 e. The fourth-order valence-corrected chi connectivity index (χ4v) is 5.21. The molecule has 0 bridgehead atoms. The average molecular weight is 341 g/mol. The van der Waals surface area contributed by atoms with Crippen molar-refractivity contribution in [2.24, 2.45) is 17.8 Å². The molecule has 4 heteroatoms. The quantitative estimate of drug-likeness (QED) is 0.596. The van der Waals surface area contributed by atoms with Gasteiger partial charge < -0.3 is 19.7 Å². The van der Waals surface area contributed by atoms with Crippen LogP contribution in [0.3, 0.4) is 0 Å². The topological polar surface area (TPSA) is 58.9 Å². The van der Waals surface area contributed by atoms with Crippen LogP contribution >= 0.6 is 0 Å². The molecule has 4 nitrogen and oxygen atoms in total. The zero-order valence-corrected chi connectivity index (χ0v) is 15.3. The van der Waals surface area contributed by atoms with Gasteiger partial charge in [-0.3, -0.25) is 0 Å². The summed E-state index contributed by atoms with van der Waals surface area (Å²) in [6, 6.07) is 0. The Morgan fingerprint density at radius 1 is 1.04 bits per heavy atom. The summed E-state index contributed by atoms with van der Waals surface area (Å²) in [4.78, 5) is 0. The number of hydrogen-bond donors (Lipinski definition) is 2. The maximum Gasteiger partial charge on any atom is 0.171 e. The van der Waals surface area contributed by atoms with E-state index in [-0.39, 0.29) is 18.0 Å². The van der Waals surface area contributed by atoms with Crippen molar-refractivity contribution in [3.63, 3.8) is 0 Å². The molecule has 0 amide bonds. The molecule has 0 radical (unpaired) electrons. The van der Waals surface area contributed by atoms with Gasteiger partial charge in [-0.15, -0.1) is 0 Å². The average Bonchev–Trinajstić information content (AvgIpc) is 3.15. The van der Waals surface area contributed by atoms with Crippen LogP contribution in [0.15, 0.2) is 0 Å². The predicted octanol–water partition coefficient (Wildman–Crippen LogP) is 3.64. The Kier molecular flexibility index (Phi) is 6.58. The third-order valence-electron chi connectivity index (χ3n) is 6.64. The standard InChI is InChI=1S/C20H36O4/c1-2-3-4-5-6-7-8-15(21)9-10-16-17-14-20(23-11-12-24-20)18(17)13-19(16)22/h15-19,21-22H,2-14H2,1H3. The highest BCUT2D eigenvalue weighted by Gasteiger charge is 2.64. The molecule has 24 heavy (non-hydrogen) atoms. The normalized spacial score (nSPS) is 35.1. The van der Waals surface area contributed by atoms with Crippen molar-refractivity contribution in [1.82, 2.24) is 0 Å². The minimum Gasteiger partial charge on any atom is -0.393 e. The van der Waals surface area contributed by atoms with Gasteiger partial charge in [0.05, 0.1) is 25.4 Å². The number of fused-ring (bicyclic) bond motifs is 2. The molecule has 2 N–H and O–H groups in total. The molecular weight excluding hydrogens is 304 g/mol. The summed E-state index contributed by atoms with van der Waals surface area (Å²) in [7, 11) is 0. The summed E-state index contributed by atoms with van der Waals surface area (Å²) in [5.74, 6) is 0.861. The van der Waals surface area contributed by atoms with E-state index in [0.29, 0.717) is 31.0 Å². The Hall–Kier alpha value is -0.160. The van der Waals surface area contributed by atoms with Crippen molar-refractivity contribution in [2.45, 2.75) is 95.5 Å². The third-order valence-corrected chi connectivity index (χ3v) is 6.64. The van der Waals surface area contributed by atoms with Crippen LogP contribution in [0, 0.1) is 17.8 Å². The number of aliphatic hydroxyl groups excluding tert-OH is 2. The number of unbranched alkanes of at least 4 members (excludes halogenated alkanes) is 5. The van der Waals surface area contributed by atoms with Crippen LogP contribution in [0.5, 0.6) is 0 Å². The fraction of sp³-hybridized carbons (Fsp3) is 1.00. The van der Waals surface area contributed by atoms with Gasteiger partial charge in [0.25, 0.3) is 0 Å². The SMILES string of the molecule is CCCCCCCCC(O)CCC1C(O)CC2C1CC21OCCO1. The monoisotopic (exact) mass is 340 g/mol. The lowest BCUT2D eigenvalue weighted by atomic mass is 9.66. The van der Waals surface area contributed by atoms with Gasteiger partial charge in [-0.1, -0.05) is 45.4 Å². The van der Waals surface area contributed by atoms with E-state index in [1.165, 1.54) is 32.1 Å². The third kappa shape index (κ3) is 3.98. The van der Waals surface area contributed by atoms with Crippen molar-refractivity contribution in [3.05, 3.63) is 0 Å².